The molecule has 0 aromatic carbocycles. The van der Waals surface area contributed by atoms with Crippen molar-refractivity contribution in [3.05, 3.63) is 23.2 Å². The molecule has 5 nitrogen and oxygen atoms in total. The first-order valence-corrected chi connectivity index (χ1v) is 12.4. The number of H-pyrrole nitrogens is 1. The first kappa shape index (κ1) is 18.4. The van der Waals surface area contributed by atoms with Crippen LogP contribution in [0.1, 0.15) is 75.8 Å². The van der Waals surface area contributed by atoms with E-state index in [0.717, 1.165) is 27.0 Å². The minimum atomic E-state index is 0.626. The van der Waals surface area contributed by atoms with Crippen LogP contribution in [0.5, 0.6) is 0 Å². The van der Waals surface area contributed by atoms with Crippen molar-refractivity contribution in [1.29, 1.82) is 0 Å². The number of fused-ring (bicyclic) bond motifs is 1. The maximum Gasteiger partial charge on any atom is 0.190 e. The van der Waals surface area contributed by atoms with E-state index in [1.807, 2.05) is 11.8 Å². The summed E-state index contributed by atoms with van der Waals surface area (Å²) in [6, 6.07) is 4.27. The lowest BCUT2D eigenvalue weighted by Crippen LogP contribution is -2.09. The van der Waals surface area contributed by atoms with Gasteiger partial charge in [-0.15, -0.1) is 11.3 Å². The Kier molecular flexibility index (Phi) is 5.54. The van der Waals surface area contributed by atoms with Gasteiger partial charge in [-0.05, 0) is 37.1 Å². The van der Waals surface area contributed by atoms with Gasteiger partial charge in [0.05, 0.1) is 10.2 Å². The molecule has 0 bridgehead atoms. The highest BCUT2D eigenvalue weighted by Gasteiger charge is 2.20. The van der Waals surface area contributed by atoms with Crippen LogP contribution in [0.25, 0.3) is 10.2 Å². The van der Waals surface area contributed by atoms with E-state index in [0.29, 0.717) is 11.2 Å². The highest BCUT2D eigenvalue weighted by Crippen LogP contribution is 2.36. The third-order valence-electron chi connectivity index (χ3n) is 6.00. The van der Waals surface area contributed by atoms with Gasteiger partial charge >= 0.3 is 0 Å². The van der Waals surface area contributed by atoms with Crippen LogP contribution in [0.3, 0.4) is 0 Å². The van der Waals surface area contributed by atoms with Gasteiger partial charge in [-0.2, -0.15) is 5.10 Å². The zero-order valence-corrected chi connectivity index (χ0v) is 17.7. The molecule has 0 amide bonds. The summed E-state index contributed by atoms with van der Waals surface area (Å²) in [6.07, 6.45) is 13.2. The van der Waals surface area contributed by atoms with E-state index in [1.54, 1.807) is 11.3 Å². The van der Waals surface area contributed by atoms with Crippen molar-refractivity contribution in [2.24, 2.45) is 0 Å². The molecule has 7 heteroatoms. The number of rotatable bonds is 5. The minimum absolute atomic E-state index is 0.626. The molecule has 0 radical (unpaired) electrons. The lowest BCUT2D eigenvalue weighted by atomic mass is 9.87. The fourth-order valence-corrected chi connectivity index (χ4v) is 6.39. The van der Waals surface area contributed by atoms with Gasteiger partial charge in [-0.3, -0.25) is 5.10 Å². The molecular formula is C21H27N5S2. The van der Waals surface area contributed by atoms with E-state index in [1.165, 1.54) is 69.9 Å². The summed E-state index contributed by atoms with van der Waals surface area (Å²) in [5, 5.41) is 14.9. The van der Waals surface area contributed by atoms with Crippen LogP contribution in [0.2, 0.25) is 0 Å². The number of nitrogens with zero attached hydrogens (tertiary/aromatic N) is 3. The second kappa shape index (κ2) is 8.41. The van der Waals surface area contributed by atoms with Crippen LogP contribution in [0, 0.1) is 0 Å². The van der Waals surface area contributed by atoms with Gasteiger partial charge in [-0.1, -0.05) is 50.3 Å². The highest BCUT2D eigenvalue weighted by atomic mass is 32.2. The third-order valence-corrected chi connectivity index (χ3v) is 8.10. The zero-order chi connectivity index (χ0) is 18.8. The Morgan fingerprint density at radius 3 is 2.61 bits per heavy atom. The summed E-state index contributed by atoms with van der Waals surface area (Å²) >= 11 is 3.54. The van der Waals surface area contributed by atoms with Crippen LogP contribution < -0.4 is 5.32 Å². The van der Waals surface area contributed by atoms with E-state index in [4.69, 9.17) is 9.97 Å². The second-order valence-electron chi connectivity index (χ2n) is 8.04. The van der Waals surface area contributed by atoms with Crippen LogP contribution >= 0.6 is 23.1 Å². The van der Waals surface area contributed by atoms with E-state index in [-0.39, 0.29) is 0 Å². The van der Waals surface area contributed by atoms with Crippen LogP contribution in [0.15, 0.2) is 22.7 Å². The maximum atomic E-state index is 4.88. The van der Waals surface area contributed by atoms with Gasteiger partial charge in [-0.25, -0.2) is 9.97 Å². The zero-order valence-electron chi connectivity index (χ0n) is 16.1. The summed E-state index contributed by atoms with van der Waals surface area (Å²) in [5.41, 5.74) is 2.29. The molecule has 2 saturated carbocycles. The average Bonchev–Trinajstić information content (AvgIpc) is 3.39. The predicted octanol–water partition coefficient (Wildman–Crippen LogP) is 6.63. The molecule has 5 rings (SSSR count). The minimum Gasteiger partial charge on any atom is -0.322 e. The van der Waals surface area contributed by atoms with E-state index < -0.39 is 0 Å². The van der Waals surface area contributed by atoms with E-state index in [2.05, 4.69) is 33.0 Å². The van der Waals surface area contributed by atoms with Crippen molar-refractivity contribution >= 4 is 45.0 Å². The van der Waals surface area contributed by atoms with E-state index in [9.17, 15) is 0 Å². The molecule has 28 heavy (non-hydrogen) atoms. The molecule has 3 aromatic rings. The van der Waals surface area contributed by atoms with Crippen molar-refractivity contribution in [3.8, 4) is 0 Å². The molecule has 0 unspecified atom stereocenters. The number of aromatic nitrogens is 4. The Morgan fingerprint density at radius 1 is 1.00 bits per heavy atom. The monoisotopic (exact) mass is 413 g/mol. The Labute approximate surface area is 174 Å². The number of thiophene rings is 1. The number of aromatic amines is 1. The van der Waals surface area contributed by atoms with Crippen LogP contribution in [-0.2, 0) is 0 Å². The normalized spacial score (nSPS) is 19.3. The molecule has 3 heterocycles. The van der Waals surface area contributed by atoms with Gasteiger partial charge in [0.15, 0.2) is 16.8 Å². The Morgan fingerprint density at radius 2 is 1.79 bits per heavy atom. The molecule has 0 atom stereocenters. The largest absolute Gasteiger partial charge is 0.322 e. The van der Waals surface area contributed by atoms with Gasteiger partial charge in [0.25, 0.3) is 0 Å². The number of hydrogen-bond acceptors (Lipinski definition) is 6. The fraction of sp³-hybridized carbons (Fsp3) is 0.571. The van der Waals surface area contributed by atoms with Crippen molar-refractivity contribution < 1.29 is 0 Å². The Hall–Kier alpha value is -1.60. The smallest absolute Gasteiger partial charge is 0.190 e. The van der Waals surface area contributed by atoms with Gasteiger partial charge in [0.1, 0.15) is 0 Å². The van der Waals surface area contributed by atoms with Crippen molar-refractivity contribution in [1.82, 2.24) is 20.2 Å². The number of anilines is 2. The topological polar surface area (TPSA) is 66.5 Å². The molecule has 3 aromatic heterocycles. The molecule has 2 aliphatic carbocycles. The van der Waals surface area contributed by atoms with Crippen molar-refractivity contribution in [2.75, 3.05) is 5.32 Å². The summed E-state index contributed by atoms with van der Waals surface area (Å²) in [6.45, 7) is 0. The number of thioether (sulfide) groups is 1. The molecule has 2 fully saturated rings. The molecule has 0 spiro atoms. The molecular weight excluding hydrogens is 386 g/mol. The lowest BCUT2D eigenvalue weighted by molar-refractivity contribution is 0.436. The molecule has 2 N–H and O–H groups in total. The molecule has 0 aliphatic heterocycles. The van der Waals surface area contributed by atoms with Gasteiger partial charge < -0.3 is 5.32 Å². The molecule has 2 aliphatic rings. The summed E-state index contributed by atoms with van der Waals surface area (Å²) in [4.78, 5) is 9.69. The third kappa shape index (κ3) is 4.06. The van der Waals surface area contributed by atoms with Crippen molar-refractivity contribution in [2.45, 2.75) is 80.5 Å². The van der Waals surface area contributed by atoms with Gasteiger partial charge in [0.2, 0.25) is 0 Å². The predicted molar refractivity (Wildman–Crippen MR) is 118 cm³/mol. The number of hydrogen-bond donors (Lipinski definition) is 2. The molecule has 148 valence electrons. The Balaban J connectivity index is 1.37. The first-order chi connectivity index (χ1) is 13.8. The second-order valence-corrected chi connectivity index (χ2v) is 10.2. The Bertz CT molecular complexity index is 922. The number of nitrogens with one attached hydrogen (secondary N) is 2. The quantitative estimate of drug-likeness (QED) is 0.459. The SMILES string of the molecule is c1cc2nc(SC3CCCCC3)nc(Nc3cc(C4CCCCC4)[nH]n3)c2s1. The standard InChI is InChI=1S/C21H27N5S2/c1-3-7-14(8-4-1)17-13-18(26-25-17)23-20-19-16(11-12-27-19)22-21(24-20)28-15-9-5-2-6-10-15/h11-15H,1-10H2,(H2,22,23,24,25,26). The van der Waals surface area contributed by atoms with Gasteiger partial charge in [0, 0.05) is 22.9 Å². The summed E-state index contributed by atoms with van der Waals surface area (Å²) < 4.78 is 1.11. The van der Waals surface area contributed by atoms with Crippen LogP contribution in [-0.4, -0.2) is 25.4 Å². The van der Waals surface area contributed by atoms with Crippen LogP contribution in [0.4, 0.5) is 11.6 Å². The fourth-order valence-electron chi connectivity index (χ4n) is 4.46. The lowest BCUT2D eigenvalue weighted by Gasteiger charge is -2.20. The highest BCUT2D eigenvalue weighted by molar-refractivity contribution is 7.99. The van der Waals surface area contributed by atoms with Crippen molar-refractivity contribution in [3.63, 3.8) is 0 Å². The first-order valence-electron chi connectivity index (χ1n) is 10.6. The summed E-state index contributed by atoms with van der Waals surface area (Å²) in [5.74, 6) is 2.38. The summed E-state index contributed by atoms with van der Waals surface area (Å²) in [7, 11) is 0. The average molecular weight is 414 g/mol. The molecule has 0 saturated heterocycles. The van der Waals surface area contributed by atoms with E-state index >= 15 is 0 Å². The maximum absolute atomic E-state index is 4.88.